The molecule has 0 radical (unpaired) electrons. The molecule has 9 nitrogen and oxygen atoms in total. The summed E-state index contributed by atoms with van der Waals surface area (Å²) < 4.78 is 21.7. The van der Waals surface area contributed by atoms with Crippen LogP contribution in [0, 0.1) is 12.8 Å². The number of fused-ring (bicyclic) bond motifs is 1. The van der Waals surface area contributed by atoms with E-state index in [2.05, 4.69) is 5.32 Å². The smallest absolute Gasteiger partial charge is 0.312 e. The van der Waals surface area contributed by atoms with E-state index in [0.717, 1.165) is 5.56 Å². The average Bonchev–Trinajstić information content (AvgIpc) is 3.20. The van der Waals surface area contributed by atoms with Crippen molar-refractivity contribution >= 4 is 29.2 Å². The molecule has 2 aromatic rings. The fourth-order valence-electron chi connectivity index (χ4n) is 3.80. The Morgan fingerprint density at radius 2 is 1.88 bits per heavy atom. The molecule has 0 unspecified atom stereocenters. The molecule has 2 heterocycles. The minimum atomic E-state index is -1.04. The summed E-state index contributed by atoms with van der Waals surface area (Å²) in [5.41, 5.74) is 2.08. The van der Waals surface area contributed by atoms with Gasteiger partial charge in [-0.05, 0) is 43.7 Å². The Morgan fingerprint density at radius 1 is 1.12 bits per heavy atom. The number of carbonyl (C=O) groups excluding carboxylic acids is 3. The number of anilines is 2. The van der Waals surface area contributed by atoms with Gasteiger partial charge in [0.2, 0.25) is 5.91 Å². The largest absolute Gasteiger partial charge is 0.495 e. The van der Waals surface area contributed by atoms with E-state index in [1.165, 1.54) is 18.9 Å². The predicted octanol–water partition coefficient (Wildman–Crippen LogP) is 2.70. The molecule has 0 saturated carbocycles. The molecule has 1 saturated heterocycles. The Kier molecular flexibility index (Phi) is 6.39. The lowest BCUT2D eigenvalue weighted by Crippen LogP contribution is -2.33. The van der Waals surface area contributed by atoms with E-state index < -0.39 is 23.9 Å². The van der Waals surface area contributed by atoms with Crippen molar-refractivity contribution < 1.29 is 33.3 Å². The van der Waals surface area contributed by atoms with Gasteiger partial charge in [-0.1, -0.05) is 6.07 Å². The van der Waals surface area contributed by atoms with Crippen LogP contribution < -0.4 is 24.4 Å². The van der Waals surface area contributed by atoms with Crippen LogP contribution in [0.3, 0.4) is 0 Å². The van der Waals surface area contributed by atoms with Crippen molar-refractivity contribution in [3.05, 3.63) is 42.0 Å². The zero-order valence-corrected chi connectivity index (χ0v) is 18.8. The average molecular weight is 454 g/mol. The summed E-state index contributed by atoms with van der Waals surface area (Å²) in [7, 11) is 1.53. The van der Waals surface area contributed by atoms with Crippen LogP contribution in [0.5, 0.6) is 17.2 Å². The van der Waals surface area contributed by atoms with Gasteiger partial charge in [0, 0.05) is 24.7 Å². The highest BCUT2D eigenvalue weighted by atomic mass is 16.6. The molecule has 1 fully saturated rings. The van der Waals surface area contributed by atoms with E-state index in [1.807, 2.05) is 19.1 Å². The second-order valence-electron chi connectivity index (χ2n) is 8.01. The number of hydrogen-bond acceptors (Lipinski definition) is 7. The summed E-state index contributed by atoms with van der Waals surface area (Å²) in [6.45, 7) is 4.47. The van der Waals surface area contributed by atoms with Crippen molar-refractivity contribution in [2.75, 3.05) is 37.1 Å². The maximum Gasteiger partial charge on any atom is 0.312 e. The Bertz CT molecular complexity index is 1080. The lowest BCUT2D eigenvalue weighted by molar-refractivity contribution is -0.157. The first-order valence-electron chi connectivity index (χ1n) is 10.7. The lowest BCUT2D eigenvalue weighted by Gasteiger charge is -2.21. The van der Waals surface area contributed by atoms with E-state index >= 15 is 0 Å². The van der Waals surface area contributed by atoms with E-state index in [4.69, 9.17) is 18.9 Å². The molecule has 4 rings (SSSR count). The Hall–Kier alpha value is -3.75. The van der Waals surface area contributed by atoms with E-state index in [-0.39, 0.29) is 18.9 Å². The number of nitrogens with one attached hydrogen (secondary N) is 1. The molecule has 0 spiro atoms. The highest BCUT2D eigenvalue weighted by Gasteiger charge is 2.38. The number of rotatable bonds is 6. The van der Waals surface area contributed by atoms with Crippen LogP contribution in [0.4, 0.5) is 11.4 Å². The van der Waals surface area contributed by atoms with Gasteiger partial charge >= 0.3 is 5.97 Å². The van der Waals surface area contributed by atoms with Gasteiger partial charge in [0.25, 0.3) is 5.91 Å². The lowest BCUT2D eigenvalue weighted by atomic mass is 10.1. The number of hydrogen-bond donors (Lipinski definition) is 1. The first-order valence-corrected chi connectivity index (χ1v) is 10.7. The van der Waals surface area contributed by atoms with Gasteiger partial charge in [-0.15, -0.1) is 0 Å². The number of esters is 1. The van der Waals surface area contributed by atoms with Crippen LogP contribution >= 0.6 is 0 Å². The third kappa shape index (κ3) is 4.87. The zero-order valence-electron chi connectivity index (χ0n) is 18.8. The zero-order chi connectivity index (χ0) is 23.5. The van der Waals surface area contributed by atoms with Crippen LogP contribution in [0.25, 0.3) is 0 Å². The molecule has 2 aliphatic rings. The number of nitrogens with zero attached hydrogens (tertiary/aromatic N) is 1. The standard InChI is InChI=1S/C24H26N2O7/c1-14-4-6-19(30-3)18(10-14)26-13-16(11-22(26)27)24(29)33-15(2)23(28)25-17-5-7-20-21(12-17)32-9-8-31-20/h4-7,10,12,15-16H,8-9,11,13H2,1-3H3,(H,25,28)/t15-,16-/m0/s1. The second kappa shape index (κ2) is 9.40. The summed E-state index contributed by atoms with van der Waals surface area (Å²) in [6.07, 6.45) is -1.03. The molecule has 2 amide bonds. The number of amides is 2. The van der Waals surface area contributed by atoms with Gasteiger partial charge in [0.05, 0.1) is 18.7 Å². The fraction of sp³-hybridized carbons (Fsp3) is 0.375. The van der Waals surface area contributed by atoms with Crippen LogP contribution in [0.2, 0.25) is 0 Å². The molecule has 174 valence electrons. The topological polar surface area (TPSA) is 103 Å². The van der Waals surface area contributed by atoms with Gasteiger partial charge in [-0.3, -0.25) is 14.4 Å². The van der Waals surface area contributed by atoms with Crippen molar-refractivity contribution in [1.29, 1.82) is 0 Å². The molecule has 0 aliphatic carbocycles. The van der Waals surface area contributed by atoms with Crippen LogP contribution in [0.15, 0.2) is 36.4 Å². The molecular formula is C24H26N2O7. The molecule has 2 aromatic carbocycles. The molecule has 0 aromatic heterocycles. The highest BCUT2D eigenvalue weighted by Crippen LogP contribution is 2.35. The second-order valence-corrected chi connectivity index (χ2v) is 8.01. The third-order valence-electron chi connectivity index (χ3n) is 5.56. The Labute approximate surface area is 191 Å². The number of aryl methyl sites for hydroxylation is 1. The minimum Gasteiger partial charge on any atom is -0.495 e. The number of methoxy groups -OCH3 is 1. The fourth-order valence-corrected chi connectivity index (χ4v) is 3.80. The van der Waals surface area contributed by atoms with Gasteiger partial charge in [-0.2, -0.15) is 0 Å². The van der Waals surface area contributed by atoms with Crippen molar-refractivity contribution in [1.82, 2.24) is 0 Å². The van der Waals surface area contributed by atoms with Crippen molar-refractivity contribution in [3.63, 3.8) is 0 Å². The summed E-state index contributed by atoms with van der Waals surface area (Å²) >= 11 is 0. The van der Waals surface area contributed by atoms with E-state index in [0.29, 0.717) is 41.8 Å². The first-order chi connectivity index (χ1) is 15.9. The molecule has 9 heteroatoms. The quantitative estimate of drug-likeness (QED) is 0.670. The predicted molar refractivity (Wildman–Crippen MR) is 120 cm³/mol. The summed E-state index contributed by atoms with van der Waals surface area (Å²) in [5.74, 6) is -0.250. The normalized spacial score (nSPS) is 18.0. The molecular weight excluding hydrogens is 428 g/mol. The van der Waals surface area contributed by atoms with Crippen LogP contribution in [-0.4, -0.2) is 50.8 Å². The number of carbonyl (C=O) groups is 3. The van der Waals surface area contributed by atoms with Crippen molar-refractivity contribution in [2.24, 2.45) is 5.92 Å². The SMILES string of the molecule is COc1ccc(C)cc1N1C[C@@H](C(=O)O[C@@H](C)C(=O)Nc2ccc3c(c2)OCCO3)CC1=O. The number of ether oxygens (including phenoxy) is 4. The Morgan fingerprint density at radius 3 is 2.64 bits per heavy atom. The molecule has 2 atom stereocenters. The molecule has 33 heavy (non-hydrogen) atoms. The molecule has 1 N–H and O–H groups in total. The van der Waals surface area contributed by atoms with E-state index in [1.54, 1.807) is 24.3 Å². The Balaban J connectivity index is 1.36. The van der Waals surface area contributed by atoms with Crippen LogP contribution in [0.1, 0.15) is 18.9 Å². The summed E-state index contributed by atoms with van der Waals surface area (Å²) in [4.78, 5) is 39.4. The summed E-state index contributed by atoms with van der Waals surface area (Å²) in [6, 6.07) is 10.6. The van der Waals surface area contributed by atoms with Gasteiger partial charge in [0.1, 0.15) is 19.0 Å². The van der Waals surface area contributed by atoms with Gasteiger partial charge in [-0.25, -0.2) is 0 Å². The van der Waals surface area contributed by atoms with Crippen molar-refractivity contribution in [2.45, 2.75) is 26.4 Å². The summed E-state index contributed by atoms with van der Waals surface area (Å²) in [5, 5.41) is 2.71. The van der Waals surface area contributed by atoms with E-state index in [9.17, 15) is 14.4 Å². The van der Waals surface area contributed by atoms with Crippen molar-refractivity contribution in [3.8, 4) is 17.2 Å². The number of benzene rings is 2. The maximum absolute atomic E-state index is 12.7. The maximum atomic E-state index is 12.7. The van der Waals surface area contributed by atoms with Crippen LogP contribution in [-0.2, 0) is 19.1 Å². The molecule has 2 aliphatic heterocycles. The first kappa shape index (κ1) is 22.4. The molecule has 0 bridgehead atoms. The third-order valence-corrected chi connectivity index (χ3v) is 5.56. The monoisotopic (exact) mass is 454 g/mol. The minimum absolute atomic E-state index is 0.00638. The highest BCUT2D eigenvalue weighted by molar-refractivity contribution is 6.01. The van der Waals surface area contributed by atoms with Gasteiger partial charge < -0.3 is 29.2 Å². The van der Waals surface area contributed by atoms with Gasteiger partial charge in [0.15, 0.2) is 17.6 Å².